The summed E-state index contributed by atoms with van der Waals surface area (Å²) < 4.78 is 0. The minimum Gasteiger partial charge on any atom is -0.478 e. The van der Waals surface area contributed by atoms with E-state index in [0.29, 0.717) is 16.4 Å². The molecule has 2 rings (SSSR count). The molecule has 8 heteroatoms. The fraction of sp³-hybridized carbons (Fsp3) is 0.250. The number of hydrogen-bond acceptors (Lipinski definition) is 4. The first-order valence-electron chi connectivity index (χ1n) is 5.85. The van der Waals surface area contributed by atoms with Crippen molar-refractivity contribution < 1.29 is 14.7 Å². The van der Waals surface area contributed by atoms with E-state index in [2.05, 4.69) is 20.6 Å². The molecule has 106 valence electrons. The number of carbonyl (C=O) groups excluding carboxylic acids is 1. The van der Waals surface area contributed by atoms with E-state index >= 15 is 0 Å². The zero-order valence-electron chi connectivity index (χ0n) is 11.0. The summed E-state index contributed by atoms with van der Waals surface area (Å²) in [7, 11) is 0. The number of nitrogens with zero attached hydrogens (tertiary/aromatic N) is 1. The molecule has 4 N–H and O–H groups in total. The van der Waals surface area contributed by atoms with Crippen LogP contribution >= 0.6 is 11.3 Å². The standard InChI is InChI=1S/C12H14N4O3S/c1-6-7(2)20-10(9(6)11(17)18)16-12(19)15-5-8-13-3-4-14-8/h3-4H,5H2,1-2H3,(H,13,14)(H,17,18)(H2,15,16,19). The summed E-state index contributed by atoms with van der Waals surface area (Å²) in [6, 6.07) is -0.467. The summed E-state index contributed by atoms with van der Waals surface area (Å²) in [5.74, 6) is -0.426. The second kappa shape index (κ2) is 5.74. The number of imidazole rings is 1. The number of aromatic nitrogens is 2. The van der Waals surface area contributed by atoms with Crippen LogP contribution in [0.3, 0.4) is 0 Å². The van der Waals surface area contributed by atoms with Gasteiger partial charge in [0.2, 0.25) is 0 Å². The molecule has 0 aromatic carbocycles. The van der Waals surface area contributed by atoms with Gasteiger partial charge in [-0.25, -0.2) is 14.6 Å². The minimum absolute atomic E-state index is 0.139. The van der Waals surface area contributed by atoms with Crippen molar-refractivity contribution in [3.8, 4) is 0 Å². The second-order valence-electron chi connectivity index (χ2n) is 4.14. The summed E-state index contributed by atoms with van der Waals surface area (Å²) in [6.07, 6.45) is 3.24. The molecule has 0 bridgehead atoms. The summed E-state index contributed by atoms with van der Waals surface area (Å²) in [6.45, 7) is 3.78. The molecule has 7 nitrogen and oxygen atoms in total. The van der Waals surface area contributed by atoms with Gasteiger partial charge in [-0.2, -0.15) is 0 Å². The molecular formula is C12H14N4O3S. The topological polar surface area (TPSA) is 107 Å². The number of aromatic carboxylic acids is 1. The zero-order chi connectivity index (χ0) is 14.7. The molecule has 2 aromatic heterocycles. The Hall–Kier alpha value is -2.35. The van der Waals surface area contributed by atoms with Gasteiger partial charge in [0.1, 0.15) is 10.8 Å². The zero-order valence-corrected chi connectivity index (χ0v) is 11.8. The highest BCUT2D eigenvalue weighted by molar-refractivity contribution is 7.16. The van der Waals surface area contributed by atoms with E-state index in [4.69, 9.17) is 0 Å². The van der Waals surface area contributed by atoms with Crippen LogP contribution in [0.4, 0.5) is 9.80 Å². The van der Waals surface area contributed by atoms with Crippen LogP contribution in [0, 0.1) is 13.8 Å². The number of aromatic amines is 1. The summed E-state index contributed by atoms with van der Waals surface area (Å²) in [5.41, 5.74) is 0.810. The van der Waals surface area contributed by atoms with Crippen molar-refractivity contribution in [2.24, 2.45) is 0 Å². The Kier molecular flexibility index (Phi) is 4.04. The van der Waals surface area contributed by atoms with Gasteiger partial charge in [0.25, 0.3) is 0 Å². The maximum Gasteiger partial charge on any atom is 0.338 e. The van der Waals surface area contributed by atoms with Gasteiger partial charge >= 0.3 is 12.0 Å². The first kappa shape index (κ1) is 14.1. The molecule has 2 aromatic rings. The highest BCUT2D eigenvalue weighted by Crippen LogP contribution is 2.32. The summed E-state index contributed by atoms with van der Waals surface area (Å²) >= 11 is 1.24. The first-order chi connectivity index (χ1) is 9.49. The first-order valence-corrected chi connectivity index (χ1v) is 6.67. The van der Waals surface area contributed by atoms with Crippen molar-refractivity contribution in [2.75, 3.05) is 5.32 Å². The van der Waals surface area contributed by atoms with Crippen LogP contribution in [-0.4, -0.2) is 27.1 Å². The van der Waals surface area contributed by atoms with Crippen molar-refractivity contribution in [3.63, 3.8) is 0 Å². The van der Waals surface area contributed by atoms with Gasteiger partial charge < -0.3 is 15.4 Å². The maximum atomic E-state index is 11.8. The number of carboxylic acid groups (broad SMARTS) is 1. The lowest BCUT2D eigenvalue weighted by Gasteiger charge is -2.05. The quantitative estimate of drug-likeness (QED) is 0.692. The lowest BCUT2D eigenvalue weighted by Crippen LogP contribution is -2.28. The maximum absolute atomic E-state index is 11.8. The molecule has 0 atom stereocenters. The van der Waals surface area contributed by atoms with E-state index < -0.39 is 12.0 Å². The molecule has 0 spiro atoms. The number of carbonyl (C=O) groups is 2. The Bertz CT molecular complexity index is 633. The Morgan fingerprint density at radius 2 is 2.20 bits per heavy atom. The SMILES string of the molecule is Cc1sc(NC(=O)NCc2ncc[nH]2)c(C(=O)O)c1C. The third kappa shape index (κ3) is 2.97. The molecule has 0 aliphatic carbocycles. The number of carboxylic acids is 1. The molecule has 0 saturated carbocycles. The summed E-state index contributed by atoms with van der Waals surface area (Å²) in [5, 5.41) is 14.7. The van der Waals surface area contributed by atoms with Crippen molar-refractivity contribution >= 4 is 28.3 Å². The van der Waals surface area contributed by atoms with Crippen molar-refractivity contribution in [1.82, 2.24) is 15.3 Å². The molecular weight excluding hydrogens is 280 g/mol. The number of H-pyrrole nitrogens is 1. The number of amides is 2. The Balaban J connectivity index is 2.04. The van der Waals surface area contributed by atoms with E-state index in [0.717, 1.165) is 4.88 Å². The number of nitrogens with one attached hydrogen (secondary N) is 3. The Morgan fingerprint density at radius 3 is 2.80 bits per heavy atom. The minimum atomic E-state index is -1.05. The van der Waals surface area contributed by atoms with Crippen LogP contribution in [0.5, 0.6) is 0 Å². The van der Waals surface area contributed by atoms with E-state index in [1.807, 2.05) is 6.92 Å². The van der Waals surface area contributed by atoms with Gasteiger partial charge in [0.15, 0.2) is 0 Å². The largest absolute Gasteiger partial charge is 0.478 e. The predicted octanol–water partition coefficient (Wildman–Crippen LogP) is 2.11. The molecule has 0 saturated heterocycles. The third-order valence-corrected chi connectivity index (χ3v) is 3.92. The van der Waals surface area contributed by atoms with Crippen LogP contribution in [-0.2, 0) is 6.54 Å². The molecule has 2 amide bonds. The van der Waals surface area contributed by atoms with Crippen LogP contribution in [0.1, 0.15) is 26.6 Å². The predicted molar refractivity (Wildman–Crippen MR) is 75.2 cm³/mol. The van der Waals surface area contributed by atoms with Gasteiger partial charge in [0, 0.05) is 17.3 Å². The van der Waals surface area contributed by atoms with Gasteiger partial charge in [0.05, 0.1) is 12.1 Å². The second-order valence-corrected chi connectivity index (χ2v) is 5.36. The van der Waals surface area contributed by atoms with E-state index in [9.17, 15) is 14.7 Å². The third-order valence-electron chi connectivity index (χ3n) is 2.80. The molecule has 0 fully saturated rings. The summed E-state index contributed by atoms with van der Waals surface area (Å²) in [4.78, 5) is 30.6. The van der Waals surface area contributed by atoms with E-state index in [-0.39, 0.29) is 12.1 Å². The van der Waals surface area contributed by atoms with Crippen molar-refractivity contribution in [1.29, 1.82) is 0 Å². The van der Waals surface area contributed by atoms with Gasteiger partial charge in [-0.05, 0) is 19.4 Å². The van der Waals surface area contributed by atoms with Crippen LogP contribution in [0.15, 0.2) is 12.4 Å². The smallest absolute Gasteiger partial charge is 0.338 e. The fourth-order valence-electron chi connectivity index (χ4n) is 1.68. The molecule has 0 radical (unpaired) electrons. The van der Waals surface area contributed by atoms with E-state index in [1.54, 1.807) is 19.3 Å². The fourth-order valence-corrected chi connectivity index (χ4v) is 2.73. The van der Waals surface area contributed by atoms with Crippen LogP contribution < -0.4 is 10.6 Å². The number of urea groups is 1. The molecule has 2 heterocycles. The average molecular weight is 294 g/mol. The lowest BCUT2D eigenvalue weighted by molar-refractivity contribution is 0.0697. The van der Waals surface area contributed by atoms with Crippen molar-refractivity contribution in [2.45, 2.75) is 20.4 Å². The van der Waals surface area contributed by atoms with E-state index in [1.165, 1.54) is 11.3 Å². The Labute approximate surface area is 119 Å². The number of rotatable bonds is 4. The molecule has 20 heavy (non-hydrogen) atoms. The highest BCUT2D eigenvalue weighted by Gasteiger charge is 2.20. The van der Waals surface area contributed by atoms with Gasteiger partial charge in [-0.3, -0.25) is 5.32 Å². The number of thiophene rings is 1. The lowest BCUT2D eigenvalue weighted by atomic mass is 10.1. The normalized spacial score (nSPS) is 10.3. The van der Waals surface area contributed by atoms with Crippen molar-refractivity contribution in [3.05, 3.63) is 34.2 Å². The number of aryl methyl sites for hydroxylation is 1. The van der Waals surface area contributed by atoms with Gasteiger partial charge in [-0.15, -0.1) is 11.3 Å². The average Bonchev–Trinajstić information content (AvgIpc) is 2.96. The molecule has 0 aliphatic heterocycles. The number of hydrogen-bond donors (Lipinski definition) is 4. The van der Waals surface area contributed by atoms with Crippen LogP contribution in [0.25, 0.3) is 0 Å². The monoisotopic (exact) mass is 294 g/mol. The molecule has 0 unspecified atom stereocenters. The number of anilines is 1. The van der Waals surface area contributed by atoms with Gasteiger partial charge in [-0.1, -0.05) is 0 Å². The van der Waals surface area contributed by atoms with Crippen LogP contribution in [0.2, 0.25) is 0 Å². The molecule has 0 aliphatic rings. The highest BCUT2D eigenvalue weighted by atomic mass is 32.1. The Morgan fingerprint density at radius 1 is 1.45 bits per heavy atom.